The average Bonchev–Trinajstić information content (AvgIpc) is 2.96. The summed E-state index contributed by atoms with van der Waals surface area (Å²) in [6.45, 7) is 5.77. The molecule has 1 saturated heterocycles. The summed E-state index contributed by atoms with van der Waals surface area (Å²) >= 11 is 12.3. The molecule has 0 unspecified atom stereocenters. The number of benzene rings is 2. The molecule has 34 heavy (non-hydrogen) atoms. The maximum absolute atomic E-state index is 13.4. The van der Waals surface area contributed by atoms with Crippen molar-refractivity contribution in [3.8, 4) is 6.07 Å². The molecule has 182 valence electrons. The van der Waals surface area contributed by atoms with Crippen LogP contribution >= 0.6 is 23.2 Å². The lowest BCUT2D eigenvalue weighted by atomic mass is 9.97. The molecule has 3 rings (SSSR count). The molecule has 1 amide bonds. The van der Waals surface area contributed by atoms with E-state index in [9.17, 15) is 18.5 Å². The number of ether oxygens (including phenoxy) is 2. The van der Waals surface area contributed by atoms with Crippen molar-refractivity contribution in [2.75, 3.05) is 25.4 Å². The van der Waals surface area contributed by atoms with Crippen LogP contribution in [0.1, 0.15) is 38.0 Å². The van der Waals surface area contributed by atoms with Gasteiger partial charge in [0.15, 0.2) is 9.84 Å². The van der Waals surface area contributed by atoms with Crippen LogP contribution in [0.4, 0.5) is 4.79 Å². The van der Waals surface area contributed by atoms with Crippen molar-refractivity contribution in [3.63, 3.8) is 0 Å². The van der Waals surface area contributed by atoms with Gasteiger partial charge < -0.3 is 14.4 Å². The quantitative estimate of drug-likeness (QED) is 0.540. The Hall–Kier alpha value is -2.31. The average molecular weight is 525 g/mol. The zero-order valence-corrected chi connectivity index (χ0v) is 21.5. The third-order valence-electron chi connectivity index (χ3n) is 5.24. The van der Waals surface area contributed by atoms with Crippen molar-refractivity contribution in [3.05, 3.63) is 63.6 Å². The Labute approximate surface area is 210 Å². The number of hydrogen-bond acceptors (Lipinski definition) is 6. The number of amides is 1. The predicted octanol–water partition coefficient (Wildman–Crippen LogP) is 5.26. The van der Waals surface area contributed by atoms with Crippen molar-refractivity contribution >= 4 is 39.1 Å². The Kier molecular flexibility index (Phi) is 8.14. The second kappa shape index (κ2) is 10.5. The lowest BCUT2D eigenvalue weighted by Crippen LogP contribution is -2.41. The number of nitriles is 1. The summed E-state index contributed by atoms with van der Waals surface area (Å²) in [5.74, 6) is -1.01. The standard InChI is InChI=1S/C24H26Cl2N2O5S/c1-24(2,3)33-23(29)28-10-11-32-22(16-8-9-19(25)20(26)12-16)18(14-28)15-34(30,31)21-7-5-4-6-17(21)13-27/h4-9,12,18,22H,10-11,14-15H2,1-3H3/t18-,22-/m0/s1. The summed E-state index contributed by atoms with van der Waals surface area (Å²) in [7, 11) is -3.90. The van der Waals surface area contributed by atoms with Crippen LogP contribution < -0.4 is 0 Å². The molecule has 2 aromatic carbocycles. The van der Waals surface area contributed by atoms with Gasteiger partial charge in [-0.3, -0.25) is 0 Å². The highest BCUT2D eigenvalue weighted by Gasteiger charge is 2.37. The van der Waals surface area contributed by atoms with Crippen LogP contribution in [0.2, 0.25) is 10.0 Å². The second-order valence-electron chi connectivity index (χ2n) is 9.04. The first-order chi connectivity index (χ1) is 15.9. The fourth-order valence-electron chi connectivity index (χ4n) is 3.79. The van der Waals surface area contributed by atoms with E-state index in [4.69, 9.17) is 32.7 Å². The molecule has 10 heteroatoms. The summed E-state index contributed by atoms with van der Waals surface area (Å²) in [5.41, 5.74) is 0.00189. The van der Waals surface area contributed by atoms with Crippen molar-refractivity contribution in [1.82, 2.24) is 4.90 Å². The van der Waals surface area contributed by atoms with Crippen molar-refractivity contribution in [2.45, 2.75) is 37.4 Å². The molecule has 1 heterocycles. The maximum atomic E-state index is 13.4. The molecule has 0 aliphatic carbocycles. The molecule has 0 spiro atoms. The van der Waals surface area contributed by atoms with E-state index in [0.717, 1.165) is 0 Å². The lowest BCUT2D eigenvalue weighted by molar-refractivity contribution is 0.0231. The van der Waals surface area contributed by atoms with Gasteiger partial charge in [-0.2, -0.15) is 5.26 Å². The normalized spacial score (nSPS) is 19.2. The van der Waals surface area contributed by atoms with Crippen LogP contribution in [0.5, 0.6) is 0 Å². The Morgan fingerprint density at radius 3 is 2.56 bits per heavy atom. The van der Waals surface area contributed by atoms with E-state index in [0.29, 0.717) is 15.6 Å². The number of hydrogen-bond donors (Lipinski definition) is 0. The minimum atomic E-state index is -3.90. The van der Waals surface area contributed by atoms with Gasteiger partial charge in [-0.25, -0.2) is 13.2 Å². The van der Waals surface area contributed by atoms with E-state index in [1.54, 1.807) is 51.1 Å². The maximum Gasteiger partial charge on any atom is 0.410 e. The van der Waals surface area contributed by atoms with Crippen molar-refractivity contribution in [2.24, 2.45) is 5.92 Å². The molecule has 0 N–H and O–H groups in total. The minimum Gasteiger partial charge on any atom is -0.444 e. The number of carbonyl (C=O) groups excluding carboxylic acids is 1. The van der Waals surface area contributed by atoms with E-state index < -0.39 is 33.6 Å². The summed E-state index contributed by atoms with van der Waals surface area (Å²) in [6, 6.07) is 13.0. The van der Waals surface area contributed by atoms with Crippen LogP contribution in [-0.2, 0) is 19.3 Å². The zero-order chi connectivity index (χ0) is 25.1. The van der Waals surface area contributed by atoms with Gasteiger partial charge in [-0.1, -0.05) is 41.4 Å². The molecule has 1 fully saturated rings. The smallest absolute Gasteiger partial charge is 0.410 e. The molecule has 1 aliphatic heterocycles. The minimum absolute atomic E-state index is 0.0570. The molecule has 0 radical (unpaired) electrons. The first-order valence-electron chi connectivity index (χ1n) is 10.7. The first kappa shape index (κ1) is 26.3. The molecule has 1 aliphatic rings. The summed E-state index contributed by atoms with van der Waals surface area (Å²) in [6.07, 6.45) is -1.23. The van der Waals surface area contributed by atoms with Gasteiger partial charge in [0.1, 0.15) is 11.7 Å². The number of nitrogens with zero attached hydrogens (tertiary/aromatic N) is 2. The summed E-state index contributed by atoms with van der Waals surface area (Å²) in [4.78, 5) is 14.2. The highest BCUT2D eigenvalue weighted by molar-refractivity contribution is 7.91. The Morgan fingerprint density at radius 1 is 1.21 bits per heavy atom. The van der Waals surface area contributed by atoms with Crippen LogP contribution in [0.3, 0.4) is 0 Å². The van der Waals surface area contributed by atoms with E-state index in [1.807, 2.05) is 6.07 Å². The number of sulfone groups is 1. The second-order valence-corrected chi connectivity index (χ2v) is 11.9. The largest absolute Gasteiger partial charge is 0.444 e. The Balaban J connectivity index is 2.00. The first-order valence-corrected chi connectivity index (χ1v) is 13.1. The summed E-state index contributed by atoms with van der Waals surface area (Å²) < 4.78 is 38.4. The SMILES string of the molecule is CC(C)(C)OC(=O)N1CCO[C@@H](c2ccc(Cl)c(Cl)c2)[C@H](CS(=O)(=O)c2ccccc2C#N)C1. The van der Waals surface area contributed by atoms with Crippen molar-refractivity contribution in [1.29, 1.82) is 5.26 Å². The third kappa shape index (κ3) is 6.42. The van der Waals surface area contributed by atoms with Gasteiger partial charge >= 0.3 is 6.09 Å². The molecule has 7 nitrogen and oxygen atoms in total. The number of halogens is 2. The zero-order valence-electron chi connectivity index (χ0n) is 19.1. The third-order valence-corrected chi connectivity index (χ3v) is 7.87. The van der Waals surface area contributed by atoms with E-state index in [-0.39, 0.29) is 35.9 Å². The topological polar surface area (TPSA) is 96.7 Å². The monoisotopic (exact) mass is 524 g/mol. The Morgan fingerprint density at radius 2 is 1.91 bits per heavy atom. The number of carbonyl (C=O) groups is 1. The lowest BCUT2D eigenvalue weighted by Gasteiger charge is -2.30. The van der Waals surface area contributed by atoms with Crippen molar-refractivity contribution < 1.29 is 22.7 Å². The van der Waals surface area contributed by atoms with Crippen LogP contribution in [0, 0.1) is 17.2 Å². The molecule has 0 saturated carbocycles. The van der Waals surface area contributed by atoms with E-state index >= 15 is 0 Å². The molecular weight excluding hydrogens is 499 g/mol. The van der Waals surface area contributed by atoms with E-state index in [1.165, 1.54) is 17.0 Å². The molecule has 2 atom stereocenters. The van der Waals surface area contributed by atoms with Gasteiger partial charge in [0.05, 0.1) is 39.0 Å². The van der Waals surface area contributed by atoms with Crippen LogP contribution in [-0.4, -0.2) is 50.5 Å². The fourth-order valence-corrected chi connectivity index (χ4v) is 5.85. The summed E-state index contributed by atoms with van der Waals surface area (Å²) in [5, 5.41) is 10.1. The van der Waals surface area contributed by atoms with E-state index in [2.05, 4.69) is 0 Å². The highest BCUT2D eigenvalue weighted by Crippen LogP contribution is 2.35. The number of rotatable bonds is 4. The van der Waals surface area contributed by atoms with Crippen LogP contribution in [0.15, 0.2) is 47.4 Å². The van der Waals surface area contributed by atoms with Gasteiger partial charge in [0.2, 0.25) is 0 Å². The Bertz CT molecular complexity index is 1200. The molecule has 2 aromatic rings. The van der Waals surface area contributed by atoms with Gasteiger partial charge in [-0.05, 0) is 50.6 Å². The molecule has 0 aromatic heterocycles. The van der Waals surface area contributed by atoms with Gasteiger partial charge in [0, 0.05) is 19.0 Å². The fraction of sp³-hybridized carbons (Fsp3) is 0.417. The molecular formula is C24H26Cl2N2O5S. The van der Waals surface area contributed by atoms with Crippen LogP contribution in [0.25, 0.3) is 0 Å². The van der Waals surface area contributed by atoms with Gasteiger partial charge in [0.25, 0.3) is 0 Å². The molecule has 0 bridgehead atoms. The van der Waals surface area contributed by atoms with Gasteiger partial charge in [-0.15, -0.1) is 0 Å². The highest BCUT2D eigenvalue weighted by atomic mass is 35.5. The predicted molar refractivity (Wildman–Crippen MR) is 130 cm³/mol.